The lowest BCUT2D eigenvalue weighted by molar-refractivity contribution is -0.382. The monoisotopic (exact) mass is 380 g/mol. The first-order valence-corrected chi connectivity index (χ1v) is 6.65. The molecule has 0 N–H and O–H groups in total. The number of rotatable bonds is 2. The number of alkyl halides is 11. The van der Waals surface area contributed by atoms with Crippen molar-refractivity contribution in [3.63, 3.8) is 0 Å². The molecule has 1 aliphatic rings. The lowest BCUT2D eigenvalue weighted by Crippen LogP contribution is -2.77. The normalized spacial score (nSPS) is 47.8. The van der Waals surface area contributed by atoms with Crippen LogP contribution in [-0.4, -0.2) is 48.1 Å². The van der Waals surface area contributed by atoms with Crippen LogP contribution in [0.25, 0.3) is 0 Å². The zero-order chi connectivity index (χ0) is 19.6. The maximum Gasteiger partial charge on any atom is 0.320 e. The summed E-state index contributed by atoms with van der Waals surface area (Å²) in [5.41, 5.74) is -19.5. The highest BCUT2D eigenvalue weighted by Crippen LogP contribution is 2.66. The minimum Gasteiger partial charge on any atom is -0.250 e. The summed E-state index contributed by atoms with van der Waals surface area (Å²) < 4.78 is 154. The molecule has 1 aliphatic carbocycles. The van der Waals surface area contributed by atoms with E-state index in [4.69, 9.17) is 0 Å². The Morgan fingerprint density at radius 3 is 1.38 bits per heavy atom. The molecule has 1 saturated carbocycles. The van der Waals surface area contributed by atoms with Crippen molar-refractivity contribution in [2.24, 2.45) is 5.41 Å². The fourth-order valence-electron chi connectivity index (χ4n) is 2.94. The van der Waals surface area contributed by atoms with Gasteiger partial charge in [-0.25, -0.2) is 35.1 Å². The predicted molar refractivity (Wildman–Crippen MR) is 62.4 cm³/mol. The molecule has 0 saturated heterocycles. The van der Waals surface area contributed by atoms with Gasteiger partial charge in [0.05, 0.1) is 0 Å². The van der Waals surface area contributed by atoms with E-state index in [1.165, 1.54) is 0 Å². The summed E-state index contributed by atoms with van der Waals surface area (Å²) in [6.45, 7) is -6.97. The van der Waals surface area contributed by atoms with Gasteiger partial charge >= 0.3 is 11.8 Å². The maximum absolute atomic E-state index is 14.3. The molecule has 24 heavy (non-hydrogen) atoms. The maximum atomic E-state index is 14.3. The van der Waals surface area contributed by atoms with E-state index in [1.54, 1.807) is 0 Å². The molecule has 0 aromatic rings. The summed E-state index contributed by atoms with van der Waals surface area (Å²) in [7, 11) is 0. The van der Waals surface area contributed by atoms with Crippen molar-refractivity contribution in [2.75, 3.05) is 13.3 Å². The summed E-state index contributed by atoms with van der Waals surface area (Å²) >= 11 is 0. The zero-order valence-corrected chi connectivity index (χ0v) is 12.8. The van der Waals surface area contributed by atoms with Crippen LogP contribution in [0.4, 0.5) is 48.3 Å². The molecule has 0 heterocycles. The summed E-state index contributed by atoms with van der Waals surface area (Å²) in [6.07, 6.45) is -2.65. The first-order valence-electron chi connectivity index (χ1n) is 6.65. The smallest absolute Gasteiger partial charge is 0.250 e. The Kier molecular flexibility index (Phi) is 4.54. The fourth-order valence-corrected chi connectivity index (χ4v) is 2.94. The van der Waals surface area contributed by atoms with Gasteiger partial charge in [-0.15, -0.1) is 0 Å². The van der Waals surface area contributed by atoms with Crippen LogP contribution >= 0.6 is 0 Å². The van der Waals surface area contributed by atoms with Crippen LogP contribution in [0.1, 0.15) is 27.2 Å². The second kappa shape index (κ2) is 5.12. The van der Waals surface area contributed by atoms with E-state index in [2.05, 4.69) is 0 Å². The minimum atomic E-state index is -5.96. The van der Waals surface area contributed by atoms with Gasteiger partial charge < -0.3 is 0 Å². The third-order valence-electron chi connectivity index (χ3n) is 4.87. The van der Waals surface area contributed by atoms with Gasteiger partial charge in [0.2, 0.25) is 11.3 Å². The molecule has 0 radical (unpaired) electrons. The highest BCUT2D eigenvalue weighted by molar-refractivity contribution is 5.23. The van der Waals surface area contributed by atoms with Gasteiger partial charge in [-0.2, -0.15) is 8.78 Å². The second-order valence-electron chi connectivity index (χ2n) is 6.67. The summed E-state index contributed by atoms with van der Waals surface area (Å²) in [5.74, 6) is -17.4. The van der Waals surface area contributed by atoms with Gasteiger partial charge in [-0.05, 0) is 20.8 Å². The lowest BCUT2D eigenvalue weighted by atomic mass is 9.60. The number of hydrogen-bond donors (Lipinski definition) is 0. The van der Waals surface area contributed by atoms with Crippen LogP contribution in [-0.2, 0) is 0 Å². The van der Waals surface area contributed by atoms with E-state index in [-0.39, 0.29) is 13.8 Å². The van der Waals surface area contributed by atoms with Crippen molar-refractivity contribution in [1.29, 1.82) is 0 Å². The van der Waals surface area contributed by atoms with Gasteiger partial charge in [-0.1, -0.05) is 0 Å². The Morgan fingerprint density at radius 2 is 1.04 bits per heavy atom. The van der Waals surface area contributed by atoms with Gasteiger partial charge in [-0.3, -0.25) is 4.39 Å². The summed E-state index contributed by atoms with van der Waals surface area (Å²) in [4.78, 5) is 0. The molecule has 1 rings (SSSR count). The van der Waals surface area contributed by atoms with Crippen molar-refractivity contribution in [3.05, 3.63) is 0 Å². The average Bonchev–Trinajstić information content (AvgIpc) is 2.43. The summed E-state index contributed by atoms with van der Waals surface area (Å²) in [6, 6.07) is 0. The molecule has 0 nitrogen and oxygen atoms in total. The molecule has 144 valence electrons. The third-order valence-corrected chi connectivity index (χ3v) is 4.87. The van der Waals surface area contributed by atoms with E-state index in [0.717, 1.165) is 0 Å². The van der Waals surface area contributed by atoms with Crippen LogP contribution in [0, 0.1) is 5.41 Å². The van der Waals surface area contributed by atoms with Crippen molar-refractivity contribution < 1.29 is 48.3 Å². The Balaban J connectivity index is 3.94. The molecule has 1 fully saturated rings. The molecule has 0 amide bonds. The highest BCUT2D eigenvalue weighted by Gasteiger charge is 2.87. The molecule has 11 heteroatoms. The molecule has 0 bridgehead atoms. The fraction of sp³-hybridized carbons (Fsp3) is 1.00. The van der Waals surface area contributed by atoms with E-state index in [1.807, 2.05) is 0 Å². The molecule has 0 aromatic heterocycles. The molecule has 0 spiro atoms. The Morgan fingerprint density at radius 1 is 0.625 bits per heavy atom. The zero-order valence-electron chi connectivity index (χ0n) is 12.8. The van der Waals surface area contributed by atoms with Crippen molar-refractivity contribution >= 4 is 0 Å². The third kappa shape index (κ3) is 2.04. The Bertz CT molecular complexity index is 498. The van der Waals surface area contributed by atoms with E-state index >= 15 is 0 Å². The van der Waals surface area contributed by atoms with Crippen LogP contribution in [0.5, 0.6) is 0 Å². The van der Waals surface area contributed by atoms with Crippen LogP contribution in [0.3, 0.4) is 0 Å². The summed E-state index contributed by atoms with van der Waals surface area (Å²) in [5, 5.41) is 0. The molecular weight excluding hydrogens is 365 g/mol. The molecule has 4 atom stereocenters. The van der Waals surface area contributed by atoms with Gasteiger partial charge in [0.1, 0.15) is 18.8 Å². The Hall–Kier alpha value is -0.770. The van der Waals surface area contributed by atoms with E-state index < -0.39 is 66.9 Å². The van der Waals surface area contributed by atoms with Crippen LogP contribution < -0.4 is 0 Å². The van der Waals surface area contributed by atoms with Crippen LogP contribution in [0.15, 0.2) is 0 Å². The molecular formula is C13H15F11. The first kappa shape index (κ1) is 21.3. The topological polar surface area (TPSA) is 0 Å². The molecule has 4 unspecified atom stereocenters. The lowest BCUT2D eigenvalue weighted by Gasteiger charge is -2.55. The predicted octanol–water partition coefficient (Wildman–Crippen LogP) is 5.41. The average molecular weight is 380 g/mol. The SMILES string of the molecule is CC1(F)CC(F)(CF)C(F)(F)C(C)(CF)C(F)(F)C(C)(F)C1(F)F. The van der Waals surface area contributed by atoms with E-state index in [0.29, 0.717) is 0 Å². The minimum absolute atomic E-state index is 0.293. The number of halogens is 11. The molecule has 0 aromatic carbocycles. The van der Waals surface area contributed by atoms with Crippen molar-refractivity contribution in [1.82, 2.24) is 0 Å². The van der Waals surface area contributed by atoms with Crippen molar-refractivity contribution in [3.8, 4) is 0 Å². The largest absolute Gasteiger partial charge is 0.320 e. The number of hydrogen-bond acceptors (Lipinski definition) is 0. The van der Waals surface area contributed by atoms with Gasteiger partial charge in [0, 0.05) is 6.42 Å². The van der Waals surface area contributed by atoms with Gasteiger partial charge in [0.25, 0.3) is 5.92 Å². The van der Waals surface area contributed by atoms with Gasteiger partial charge in [0.15, 0.2) is 5.67 Å². The Labute approximate surface area is 130 Å². The van der Waals surface area contributed by atoms with E-state index in [9.17, 15) is 48.3 Å². The van der Waals surface area contributed by atoms with Crippen molar-refractivity contribution in [2.45, 2.75) is 62.0 Å². The highest BCUT2D eigenvalue weighted by atomic mass is 19.3. The first-order chi connectivity index (χ1) is 10.3. The van der Waals surface area contributed by atoms with Crippen LogP contribution in [0.2, 0.25) is 0 Å². The quantitative estimate of drug-likeness (QED) is 0.563. The molecule has 0 aliphatic heterocycles. The standard InChI is InChI=1S/C13H15F11/c1-7(5-14)11(19,20)9(3,17)13(23,24)8(2,16)4-10(18,6-15)12(7,21)22/h4-6H2,1-3H3. The second-order valence-corrected chi connectivity index (χ2v) is 6.67.